The Morgan fingerprint density at radius 3 is 2.60 bits per heavy atom. The van der Waals surface area contributed by atoms with Gasteiger partial charge in [0.15, 0.2) is 11.5 Å². The van der Waals surface area contributed by atoms with Crippen LogP contribution in [0.3, 0.4) is 0 Å². The van der Waals surface area contributed by atoms with Gasteiger partial charge in [-0.05, 0) is 44.0 Å². The normalized spacial score (nSPS) is 25.7. The molecule has 1 N–H and O–H groups in total. The number of para-hydroxylation sites is 2. The molecule has 0 radical (unpaired) electrons. The first-order valence-corrected chi connectivity index (χ1v) is 10.2. The van der Waals surface area contributed by atoms with Crippen molar-refractivity contribution in [3.63, 3.8) is 0 Å². The number of imide groups is 1. The van der Waals surface area contributed by atoms with Gasteiger partial charge in [0.05, 0.1) is 23.6 Å². The molecule has 3 atom stereocenters. The van der Waals surface area contributed by atoms with Crippen LogP contribution in [0.1, 0.15) is 31.7 Å². The molecule has 1 aliphatic heterocycles. The highest BCUT2D eigenvalue weighted by Crippen LogP contribution is 2.58. The van der Waals surface area contributed by atoms with Crippen molar-refractivity contribution in [2.45, 2.75) is 26.2 Å². The van der Waals surface area contributed by atoms with Crippen molar-refractivity contribution < 1.29 is 19.4 Å². The van der Waals surface area contributed by atoms with Crippen LogP contribution in [-0.4, -0.2) is 23.5 Å². The predicted molar refractivity (Wildman–Crippen MR) is 115 cm³/mol. The van der Waals surface area contributed by atoms with Crippen molar-refractivity contribution in [1.29, 1.82) is 0 Å². The first kappa shape index (κ1) is 20.0. The number of amides is 2. The van der Waals surface area contributed by atoms with Crippen LogP contribution in [0.2, 0.25) is 0 Å². The fraction of sp³-hybridized carbons (Fsp3) is 0.280. The van der Waals surface area contributed by atoms with Gasteiger partial charge in [-0.25, -0.2) is 4.90 Å². The molecule has 4 rings (SSSR count). The van der Waals surface area contributed by atoms with Gasteiger partial charge in [-0.3, -0.25) is 9.59 Å². The number of rotatable bonds is 5. The Labute approximate surface area is 176 Å². The zero-order valence-electron chi connectivity index (χ0n) is 17.2. The number of fused-ring (bicyclic) bond motifs is 1. The number of carbonyl (C=O) groups excluding carboxylic acids is 2. The minimum Gasteiger partial charge on any atom is -0.504 e. The van der Waals surface area contributed by atoms with Crippen molar-refractivity contribution in [2.24, 2.45) is 11.3 Å². The average Bonchev–Trinajstić information content (AvgIpc) is 2.95. The lowest BCUT2D eigenvalue weighted by Gasteiger charge is -2.40. The largest absolute Gasteiger partial charge is 0.504 e. The van der Waals surface area contributed by atoms with Crippen LogP contribution in [0.15, 0.2) is 72.8 Å². The third-order valence-corrected chi connectivity index (χ3v) is 6.32. The highest BCUT2D eigenvalue weighted by Gasteiger charge is 2.62. The molecule has 30 heavy (non-hydrogen) atoms. The Morgan fingerprint density at radius 1 is 1.20 bits per heavy atom. The number of hydrogen-bond donors (Lipinski definition) is 1. The topological polar surface area (TPSA) is 66.8 Å². The maximum Gasteiger partial charge on any atom is 0.241 e. The second kappa shape index (κ2) is 7.48. The maximum absolute atomic E-state index is 13.8. The van der Waals surface area contributed by atoms with Crippen molar-refractivity contribution in [2.75, 3.05) is 11.5 Å². The SMILES string of the molecule is C=CC1=CC[C@H]2C(=O)N(c3ccccc3)C(=O)[C@@]2(C)[C@H]1c1cccc(OCC)c1O. The Hall–Kier alpha value is -3.34. The van der Waals surface area contributed by atoms with E-state index in [1.54, 1.807) is 36.4 Å². The third kappa shape index (κ3) is 2.76. The van der Waals surface area contributed by atoms with E-state index < -0.39 is 17.3 Å². The summed E-state index contributed by atoms with van der Waals surface area (Å²) in [6, 6.07) is 14.3. The van der Waals surface area contributed by atoms with E-state index in [0.717, 1.165) is 5.57 Å². The fourth-order valence-corrected chi connectivity index (χ4v) is 4.86. The van der Waals surface area contributed by atoms with Gasteiger partial charge in [0, 0.05) is 11.5 Å². The Kier molecular flexibility index (Phi) is 4.98. The molecule has 2 aliphatic rings. The number of nitrogens with zero attached hydrogens (tertiary/aromatic N) is 1. The first-order chi connectivity index (χ1) is 14.4. The summed E-state index contributed by atoms with van der Waals surface area (Å²) in [5, 5.41) is 11.0. The summed E-state index contributed by atoms with van der Waals surface area (Å²) in [5.41, 5.74) is 0.909. The summed E-state index contributed by atoms with van der Waals surface area (Å²) in [7, 11) is 0. The molecule has 5 nitrogen and oxygen atoms in total. The number of carbonyl (C=O) groups is 2. The lowest BCUT2D eigenvalue weighted by atomic mass is 9.60. The van der Waals surface area contributed by atoms with Gasteiger partial charge in [-0.2, -0.15) is 0 Å². The number of aromatic hydroxyl groups is 1. The van der Waals surface area contributed by atoms with Gasteiger partial charge in [0.1, 0.15) is 0 Å². The molecule has 0 spiro atoms. The monoisotopic (exact) mass is 403 g/mol. The third-order valence-electron chi connectivity index (χ3n) is 6.32. The van der Waals surface area contributed by atoms with E-state index in [0.29, 0.717) is 30.0 Å². The smallest absolute Gasteiger partial charge is 0.241 e. The number of ether oxygens (including phenoxy) is 1. The zero-order valence-corrected chi connectivity index (χ0v) is 17.2. The Balaban J connectivity index is 1.88. The lowest BCUT2D eigenvalue weighted by molar-refractivity contribution is -0.127. The standard InChI is InChI=1S/C25H25NO4/c1-4-16-14-15-19-23(28)26(17-10-7-6-8-11-17)24(29)25(19,3)21(16)18-12-9-13-20(22(18)27)30-5-2/h4,6-14,19,21,27H,1,5,15H2,2-3H3/t19-,21+,25+/m0/s1. The summed E-state index contributed by atoms with van der Waals surface area (Å²) in [4.78, 5) is 28.4. The summed E-state index contributed by atoms with van der Waals surface area (Å²) < 4.78 is 5.56. The van der Waals surface area contributed by atoms with Crippen molar-refractivity contribution in [3.05, 3.63) is 78.4 Å². The number of hydrogen-bond acceptors (Lipinski definition) is 4. The molecule has 0 saturated carbocycles. The number of allylic oxidation sites excluding steroid dienone is 3. The van der Waals surface area contributed by atoms with E-state index in [1.165, 1.54) is 4.90 Å². The van der Waals surface area contributed by atoms with Gasteiger partial charge in [-0.15, -0.1) is 0 Å². The van der Waals surface area contributed by atoms with Crippen molar-refractivity contribution in [3.8, 4) is 11.5 Å². The molecule has 0 bridgehead atoms. The fourth-order valence-electron chi connectivity index (χ4n) is 4.86. The second-order valence-electron chi connectivity index (χ2n) is 7.85. The van der Waals surface area contributed by atoms with E-state index in [2.05, 4.69) is 6.58 Å². The van der Waals surface area contributed by atoms with Crippen LogP contribution in [0.4, 0.5) is 5.69 Å². The number of phenols is 1. The van der Waals surface area contributed by atoms with Crippen molar-refractivity contribution in [1.82, 2.24) is 0 Å². The van der Waals surface area contributed by atoms with E-state index in [-0.39, 0.29) is 17.6 Å². The number of anilines is 1. The van der Waals surface area contributed by atoms with Gasteiger partial charge in [0.25, 0.3) is 0 Å². The molecule has 1 saturated heterocycles. The molecule has 1 fully saturated rings. The summed E-state index contributed by atoms with van der Waals surface area (Å²) in [6.45, 7) is 8.00. The molecule has 5 heteroatoms. The highest BCUT2D eigenvalue weighted by atomic mass is 16.5. The van der Waals surface area contributed by atoms with Crippen LogP contribution in [0, 0.1) is 11.3 Å². The summed E-state index contributed by atoms with van der Waals surface area (Å²) in [5.74, 6) is -1.15. The molecule has 2 aromatic carbocycles. The average molecular weight is 403 g/mol. The molecular weight excluding hydrogens is 378 g/mol. The number of phenolic OH excluding ortho intramolecular Hbond substituents is 1. The van der Waals surface area contributed by atoms with E-state index >= 15 is 0 Å². The molecular formula is C25H25NO4. The molecule has 0 unspecified atom stereocenters. The quantitative estimate of drug-likeness (QED) is 0.742. The summed E-state index contributed by atoms with van der Waals surface area (Å²) >= 11 is 0. The minimum atomic E-state index is -1.05. The van der Waals surface area contributed by atoms with E-state index in [1.807, 2.05) is 38.1 Å². The van der Waals surface area contributed by atoms with Crippen molar-refractivity contribution >= 4 is 17.5 Å². The zero-order chi connectivity index (χ0) is 21.5. The Bertz CT molecular complexity index is 1040. The number of benzene rings is 2. The lowest BCUT2D eigenvalue weighted by Crippen LogP contribution is -2.41. The van der Waals surface area contributed by atoms with Gasteiger partial charge in [0.2, 0.25) is 11.8 Å². The predicted octanol–water partition coefficient (Wildman–Crippen LogP) is 4.59. The minimum absolute atomic E-state index is 0.00242. The molecule has 154 valence electrons. The van der Waals surface area contributed by atoms with Crippen LogP contribution in [0.5, 0.6) is 11.5 Å². The summed E-state index contributed by atoms with van der Waals surface area (Å²) in [6.07, 6.45) is 4.12. The molecule has 2 amide bonds. The maximum atomic E-state index is 13.8. The van der Waals surface area contributed by atoms with Crippen LogP contribution in [0.25, 0.3) is 0 Å². The van der Waals surface area contributed by atoms with Gasteiger partial charge < -0.3 is 9.84 Å². The first-order valence-electron chi connectivity index (χ1n) is 10.2. The molecule has 1 heterocycles. The molecule has 2 aromatic rings. The van der Waals surface area contributed by atoms with Crippen LogP contribution in [-0.2, 0) is 9.59 Å². The van der Waals surface area contributed by atoms with E-state index in [9.17, 15) is 14.7 Å². The second-order valence-corrected chi connectivity index (χ2v) is 7.85. The molecule has 0 aromatic heterocycles. The molecule has 1 aliphatic carbocycles. The van der Waals surface area contributed by atoms with Crippen LogP contribution < -0.4 is 9.64 Å². The van der Waals surface area contributed by atoms with Gasteiger partial charge >= 0.3 is 0 Å². The van der Waals surface area contributed by atoms with Gasteiger partial charge in [-0.1, -0.05) is 49.1 Å². The van der Waals surface area contributed by atoms with E-state index in [4.69, 9.17) is 4.74 Å². The Morgan fingerprint density at radius 2 is 1.93 bits per heavy atom. The van der Waals surface area contributed by atoms with Crippen LogP contribution >= 0.6 is 0 Å². The highest BCUT2D eigenvalue weighted by molar-refractivity contribution is 6.24.